The monoisotopic (exact) mass is 552 g/mol. The summed E-state index contributed by atoms with van der Waals surface area (Å²) in [6, 6.07) is 18.0. The summed E-state index contributed by atoms with van der Waals surface area (Å²) in [5.41, 5.74) is 3.78. The molecule has 1 heterocycles. The van der Waals surface area contributed by atoms with Gasteiger partial charge in [0.2, 0.25) is 5.75 Å². The van der Waals surface area contributed by atoms with Crippen LogP contribution in [0.4, 0.5) is 0 Å². The Morgan fingerprint density at radius 2 is 1.69 bits per heavy atom. The molecule has 0 aliphatic carbocycles. The first-order chi connectivity index (χ1) is 18.8. The minimum Gasteiger partial charge on any atom is -0.497 e. The van der Waals surface area contributed by atoms with Crippen molar-refractivity contribution < 1.29 is 23.7 Å². The fourth-order valence-corrected chi connectivity index (χ4v) is 5.53. The predicted molar refractivity (Wildman–Crippen MR) is 154 cm³/mol. The summed E-state index contributed by atoms with van der Waals surface area (Å²) in [6.07, 6.45) is 1.09. The highest BCUT2D eigenvalue weighted by atomic mass is 35.5. The lowest BCUT2D eigenvalue weighted by Crippen LogP contribution is -2.55. The molecule has 3 aromatic carbocycles. The van der Waals surface area contributed by atoms with Crippen molar-refractivity contribution >= 4 is 17.4 Å². The summed E-state index contributed by atoms with van der Waals surface area (Å²) < 4.78 is 23.4. The number of nitrogens with zero attached hydrogens (tertiary/aromatic N) is 1. The predicted octanol–water partition coefficient (Wildman–Crippen LogP) is 4.74. The summed E-state index contributed by atoms with van der Waals surface area (Å²) in [5.74, 6) is 1.97. The number of ketones is 1. The zero-order chi connectivity index (χ0) is 28.0. The number of halogens is 1. The highest BCUT2D eigenvalue weighted by Gasteiger charge is 2.46. The van der Waals surface area contributed by atoms with E-state index in [4.69, 9.17) is 30.5 Å². The van der Waals surface area contributed by atoms with Crippen LogP contribution in [0.1, 0.15) is 27.8 Å². The lowest BCUT2D eigenvalue weighted by molar-refractivity contribution is -0.123. The van der Waals surface area contributed by atoms with Crippen LogP contribution in [-0.4, -0.2) is 58.5 Å². The second-order valence-electron chi connectivity index (χ2n) is 9.99. The van der Waals surface area contributed by atoms with Crippen LogP contribution < -0.4 is 24.3 Å². The molecule has 0 saturated carbocycles. The molecule has 208 valence electrons. The molecule has 3 aromatic rings. The Hall–Kier alpha value is -3.26. The van der Waals surface area contributed by atoms with Gasteiger partial charge in [0.05, 0.1) is 27.2 Å². The molecule has 1 aliphatic heterocycles. The molecule has 0 fully saturated rings. The van der Waals surface area contributed by atoms with E-state index in [0.29, 0.717) is 43.2 Å². The molecule has 1 atom stereocenters. The molecule has 39 heavy (non-hydrogen) atoms. The van der Waals surface area contributed by atoms with Crippen LogP contribution in [-0.2, 0) is 36.3 Å². The molecule has 1 N–H and O–H groups in total. The van der Waals surface area contributed by atoms with Gasteiger partial charge in [-0.05, 0) is 61.0 Å². The van der Waals surface area contributed by atoms with E-state index >= 15 is 0 Å². The van der Waals surface area contributed by atoms with Crippen LogP contribution in [0.5, 0.6) is 23.0 Å². The summed E-state index contributed by atoms with van der Waals surface area (Å²) in [4.78, 5) is 15.9. The van der Waals surface area contributed by atoms with Crippen LogP contribution in [0.15, 0.2) is 54.6 Å². The Bertz CT molecular complexity index is 1290. The standard InChI is InChI=1S/C31H37ClN2O5/c1-34(2)19-22-7-6-8-23(15-22)20-39-30-28-24(16-26(37-4)29(30)38-5)13-14-33-31(28,27(35)18-32)17-21-9-11-25(36-3)12-10-21/h6-12,15-16,33H,13-14,17-20H2,1-5H3. The van der Waals surface area contributed by atoms with Crippen molar-refractivity contribution in [1.29, 1.82) is 0 Å². The van der Waals surface area contributed by atoms with Crippen LogP contribution in [0.3, 0.4) is 0 Å². The summed E-state index contributed by atoms with van der Waals surface area (Å²) in [7, 11) is 8.90. The van der Waals surface area contributed by atoms with Gasteiger partial charge in [-0.25, -0.2) is 0 Å². The Labute approximate surface area is 236 Å². The van der Waals surface area contributed by atoms with Gasteiger partial charge in [0, 0.05) is 25.1 Å². The molecule has 0 aromatic heterocycles. The molecule has 7 nitrogen and oxygen atoms in total. The van der Waals surface area contributed by atoms with Gasteiger partial charge in [0.25, 0.3) is 0 Å². The number of nitrogens with one attached hydrogen (secondary N) is 1. The lowest BCUT2D eigenvalue weighted by atomic mass is 9.74. The van der Waals surface area contributed by atoms with Crippen LogP contribution in [0.2, 0.25) is 0 Å². The third-order valence-electron chi connectivity index (χ3n) is 7.05. The first-order valence-electron chi connectivity index (χ1n) is 13.0. The number of rotatable bonds is 12. The van der Waals surface area contributed by atoms with E-state index in [9.17, 15) is 4.79 Å². The number of fused-ring (bicyclic) bond motifs is 1. The highest BCUT2D eigenvalue weighted by molar-refractivity contribution is 6.29. The smallest absolute Gasteiger partial charge is 0.203 e. The molecule has 0 saturated heterocycles. The normalized spacial score (nSPS) is 16.5. The van der Waals surface area contributed by atoms with E-state index in [1.807, 2.05) is 56.6 Å². The fraction of sp³-hybridized carbons (Fsp3) is 0.387. The third-order valence-corrected chi connectivity index (χ3v) is 7.30. The van der Waals surface area contributed by atoms with Crippen molar-refractivity contribution in [2.24, 2.45) is 0 Å². The topological polar surface area (TPSA) is 69.3 Å². The number of carbonyl (C=O) groups excluding carboxylic acids is 1. The van der Waals surface area contributed by atoms with Gasteiger partial charge in [-0.15, -0.1) is 11.6 Å². The third kappa shape index (κ3) is 6.16. The average Bonchev–Trinajstić information content (AvgIpc) is 2.95. The molecule has 0 amide bonds. The number of methoxy groups -OCH3 is 3. The minimum absolute atomic E-state index is 0.133. The molecular formula is C31H37ClN2O5. The van der Waals surface area contributed by atoms with Gasteiger partial charge in [0.15, 0.2) is 17.3 Å². The Morgan fingerprint density at radius 3 is 2.33 bits per heavy atom. The first-order valence-corrected chi connectivity index (χ1v) is 13.5. The fourth-order valence-electron chi connectivity index (χ4n) is 5.30. The number of carbonyl (C=O) groups is 1. The number of hydrogen-bond acceptors (Lipinski definition) is 7. The van der Waals surface area contributed by atoms with Crippen molar-refractivity contribution in [3.8, 4) is 23.0 Å². The maximum Gasteiger partial charge on any atom is 0.203 e. The largest absolute Gasteiger partial charge is 0.497 e. The SMILES string of the molecule is COc1ccc(CC2(C(=O)CCl)NCCc3cc(OC)c(OC)c(OCc4cccc(CN(C)C)c4)c32)cc1. The summed E-state index contributed by atoms with van der Waals surface area (Å²) >= 11 is 6.26. The van der Waals surface area contributed by atoms with Gasteiger partial charge in [-0.1, -0.05) is 36.4 Å². The van der Waals surface area contributed by atoms with Crippen molar-refractivity contribution in [1.82, 2.24) is 10.2 Å². The Balaban J connectivity index is 1.83. The van der Waals surface area contributed by atoms with Crippen molar-refractivity contribution in [3.63, 3.8) is 0 Å². The molecule has 4 rings (SSSR count). The molecule has 0 bridgehead atoms. The van der Waals surface area contributed by atoms with Crippen LogP contribution in [0, 0.1) is 0 Å². The highest BCUT2D eigenvalue weighted by Crippen LogP contribution is 2.49. The number of alkyl halides is 1. The van der Waals surface area contributed by atoms with Gasteiger partial charge >= 0.3 is 0 Å². The van der Waals surface area contributed by atoms with Gasteiger partial charge in [-0.2, -0.15) is 0 Å². The maximum absolute atomic E-state index is 13.8. The Kier molecular flexibility index (Phi) is 9.38. The van der Waals surface area contributed by atoms with E-state index < -0.39 is 5.54 Å². The second kappa shape index (κ2) is 12.7. The zero-order valence-electron chi connectivity index (χ0n) is 23.3. The number of benzene rings is 3. The zero-order valence-corrected chi connectivity index (χ0v) is 24.1. The van der Waals surface area contributed by atoms with Crippen molar-refractivity contribution in [2.45, 2.75) is 31.5 Å². The second-order valence-corrected chi connectivity index (χ2v) is 10.3. The summed E-state index contributed by atoms with van der Waals surface area (Å²) in [5, 5.41) is 3.53. The van der Waals surface area contributed by atoms with Crippen LogP contribution >= 0.6 is 11.6 Å². The van der Waals surface area contributed by atoms with Gasteiger partial charge in [0.1, 0.15) is 17.9 Å². The van der Waals surface area contributed by atoms with E-state index in [1.54, 1.807) is 21.3 Å². The first kappa shape index (κ1) is 28.7. The number of hydrogen-bond donors (Lipinski definition) is 1. The van der Waals surface area contributed by atoms with Crippen molar-refractivity contribution in [2.75, 3.05) is 47.8 Å². The van der Waals surface area contributed by atoms with E-state index in [0.717, 1.165) is 34.5 Å². The maximum atomic E-state index is 13.8. The van der Waals surface area contributed by atoms with E-state index in [2.05, 4.69) is 22.3 Å². The quantitative estimate of drug-likeness (QED) is 0.325. The van der Waals surface area contributed by atoms with Crippen LogP contribution in [0.25, 0.3) is 0 Å². The lowest BCUT2D eigenvalue weighted by Gasteiger charge is -2.40. The molecule has 1 unspecified atom stereocenters. The van der Waals surface area contributed by atoms with Gasteiger partial charge in [-0.3, -0.25) is 4.79 Å². The molecule has 8 heteroatoms. The molecule has 1 aliphatic rings. The van der Waals surface area contributed by atoms with E-state index in [1.165, 1.54) is 5.56 Å². The number of Topliss-reactive ketones (excluding diaryl/α,β-unsaturated/α-hetero) is 1. The molecule has 0 spiro atoms. The Morgan fingerprint density at radius 1 is 0.949 bits per heavy atom. The average molecular weight is 553 g/mol. The van der Waals surface area contributed by atoms with Gasteiger partial charge < -0.3 is 29.2 Å². The van der Waals surface area contributed by atoms with E-state index in [-0.39, 0.29) is 11.7 Å². The molecular weight excluding hydrogens is 516 g/mol. The number of ether oxygens (including phenoxy) is 4. The van der Waals surface area contributed by atoms with Crippen molar-refractivity contribution in [3.05, 3.63) is 82.4 Å². The summed E-state index contributed by atoms with van der Waals surface area (Å²) in [6.45, 7) is 1.73. The molecule has 0 radical (unpaired) electrons. The minimum atomic E-state index is -1.11.